The zero-order valence-electron chi connectivity index (χ0n) is 10.2. The van der Waals surface area contributed by atoms with E-state index in [9.17, 15) is 17.6 Å². The number of nitrogens with two attached hydrogens (primary N) is 1. The molecule has 0 saturated carbocycles. The van der Waals surface area contributed by atoms with Crippen molar-refractivity contribution in [3.8, 4) is 0 Å². The highest BCUT2D eigenvalue weighted by molar-refractivity contribution is 9.10. The Balaban J connectivity index is 2.45. The molecule has 0 atom stereocenters. The molecule has 21 heavy (non-hydrogen) atoms. The molecule has 1 heterocycles. The minimum atomic E-state index is -4.75. The van der Waals surface area contributed by atoms with Gasteiger partial charge in [-0.2, -0.15) is 13.2 Å². The van der Waals surface area contributed by atoms with Crippen LogP contribution in [-0.4, -0.2) is 9.97 Å². The molecule has 0 saturated heterocycles. The van der Waals surface area contributed by atoms with Crippen LogP contribution in [0.4, 0.5) is 34.9 Å². The average molecular weight is 366 g/mol. The van der Waals surface area contributed by atoms with Crippen LogP contribution in [0.3, 0.4) is 0 Å². The molecule has 0 amide bonds. The van der Waals surface area contributed by atoms with Crippen LogP contribution >= 0.6 is 15.9 Å². The lowest BCUT2D eigenvalue weighted by Gasteiger charge is -2.12. The van der Waals surface area contributed by atoms with Gasteiger partial charge in [-0.3, -0.25) is 0 Å². The molecule has 1 aromatic carbocycles. The number of nitrogens with one attached hydrogen (secondary N) is 2. The molecule has 2 aromatic rings. The van der Waals surface area contributed by atoms with Gasteiger partial charge >= 0.3 is 6.18 Å². The van der Waals surface area contributed by atoms with Gasteiger partial charge in [0.2, 0.25) is 5.82 Å². The molecule has 0 radical (unpaired) electrons. The summed E-state index contributed by atoms with van der Waals surface area (Å²) in [6.07, 6.45) is -4.75. The van der Waals surface area contributed by atoms with Crippen molar-refractivity contribution in [2.45, 2.75) is 6.18 Å². The molecule has 0 fully saturated rings. The van der Waals surface area contributed by atoms with Gasteiger partial charge in [0.1, 0.15) is 17.5 Å². The first-order chi connectivity index (χ1) is 9.81. The molecule has 112 valence electrons. The fourth-order valence-electron chi connectivity index (χ4n) is 1.46. The standard InChI is InChI=1S/C11H8BrF4N5/c12-5-2-1-3-6(13)9(5)18-7-4-8(21-17)20-10(19-7)11(14,15)16/h1-4H,17H2,(H2,18,19,20,21). The highest BCUT2D eigenvalue weighted by Gasteiger charge is 2.35. The summed E-state index contributed by atoms with van der Waals surface area (Å²) in [4.78, 5) is 6.49. The van der Waals surface area contributed by atoms with Crippen LogP contribution in [0.1, 0.15) is 5.82 Å². The van der Waals surface area contributed by atoms with Crippen LogP contribution in [-0.2, 0) is 6.18 Å². The normalized spacial score (nSPS) is 11.3. The first-order valence-electron chi connectivity index (χ1n) is 5.45. The SMILES string of the molecule is NNc1cc(Nc2c(F)cccc2Br)nc(C(F)(F)F)n1. The Morgan fingerprint density at radius 2 is 1.81 bits per heavy atom. The van der Waals surface area contributed by atoms with Gasteiger partial charge in [0, 0.05) is 10.5 Å². The second-order valence-corrected chi connectivity index (χ2v) is 4.68. The number of anilines is 3. The van der Waals surface area contributed by atoms with E-state index in [-0.39, 0.29) is 17.3 Å². The molecule has 2 rings (SSSR count). The number of aromatic nitrogens is 2. The lowest BCUT2D eigenvalue weighted by atomic mass is 10.3. The number of nitrogens with zero attached hydrogens (tertiary/aromatic N) is 2. The van der Waals surface area contributed by atoms with E-state index in [0.717, 1.165) is 12.1 Å². The summed E-state index contributed by atoms with van der Waals surface area (Å²) < 4.78 is 52.0. The predicted octanol–water partition coefficient (Wildman–Crippen LogP) is 3.43. The van der Waals surface area contributed by atoms with Gasteiger partial charge in [-0.05, 0) is 28.1 Å². The van der Waals surface area contributed by atoms with Crippen LogP contribution in [0.2, 0.25) is 0 Å². The van der Waals surface area contributed by atoms with E-state index in [1.54, 1.807) is 0 Å². The van der Waals surface area contributed by atoms with E-state index < -0.39 is 17.8 Å². The monoisotopic (exact) mass is 365 g/mol. The topological polar surface area (TPSA) is 75.9 Å². The van der Waals surface area contributed by atoms with Crippen molar-refractivity contribution in [2.75, 3.05) is 10.7 Å². The lowest BCUT2D eigenvalue weighted by molar-refractivity contribution is -0.144. The second kappa shape index (κ2) is 5.82. The maximum Gasteiger partial charge on any atom is 0.451 e. The molecular formula is C11H8BrF4N5. The van der Waals surface area contributed by atoms with Crippen molar-refractivity contribution < 1.29 is 17.6 Å². The number of hydrazine groups is 1. The molecular weight excluding hydrogens is 358 g/mol. The molecule has 0 unspecified atom stereocenters. The molecule has 10 heteroatoms. The third kappa shape index (κ3) is 3.58. The molecule has 1 aromatic heterocycles. The van der Waals surface area contributed by atoms with E-state index >= 15 is 0 Å². The highest BCUT2D eigenvalue weighted by Crippen LogP contribution is 2.31. The van der Waals surface area contributed by atoms with Gasteiger partial charge in [-0.15, -0.1) is 0 Å². The number of hydrogen-bond acceptors (Lipinski definition) is 5. The van der Waals surface area contributed by atoms with Gasteiger partial charge in [0.05, 0.1) is 5.69 Å². The Morgan fingerprint density at radius 1 is 1.14 bits per heavy atom. The van der Waals surface area contributed by atoms with Gasteiger partial charge in [-0.25, -0.2) is 20.2 Å². The molecule has 4 N–H and O–H groups in total. The van der Waals surface area contributed by atoms with Crippen molar-refractivity contribution in [3.63, 3.8) is 0 Å². The number of rotatable bonds is 3. The molecule has 0 spiro atoms. The molecule has 0 aliphatic carbocycles. The van der Waals surface area contributed by atoms with Crippen LogP contribution < -0.4 is 16.6 Å². The largest absolute Gasteiger partial charge is 0.451 e. The first-order valence-corrected chi connectivity index (χ1v) is 6.24. The van der Waals surface area contributed by atoms with Crippen molar-refractivity contribution in [1.82, 2.24) is 9.97 Å². The number of para-hydroxylation sites is 1. The van der Waals surface area contributed by atoms with Crippen molar-refractivity contribution >= 4 is 33.3 Å². The maximum atomic E-state index is 13.7. The van der Waals surface area contributed by atoms with E-state index in [1.807, 2.05) is 5.43 Å². The van der Waals surface area contributed by atoms with E-state index in [1.165, 1.54) is 12.1 Å². The van der Waals surface area contributed by atoms with Gasteiger partial charge in [0.15, 0.2) is 0 Å². The Hall–Kier alpha value is -1.94. The van der Waals surface area contributed by atoms with E-state index in [4.69, 9.17) is 5.84 Å². The third-order valence-electron chi connectivity index (χ3n) is 2.34. The summed E-state index contributed by atoms with van der Waals surface area (Å²) in [6.45, 7) is 0. The van der Waals surface area contributed by atoms with Gasteiger partial charge in [0.25, 0.3) is 0 Å². The fourth-order valence-corrected chi connectivity index (χ4v) is 1.90. The highest BCUT2D eigenvalue weighted by atomic mass is 79.9. The number of halogens is 5. The van der Waals surface area contributed by atoms with Crippen LogP contribution in [0.5, 0.6) is 0 Å². The van der Waals surface area contributed by atoms with Gasteiger partial charge in [-0.1, -0.05) is 6.07 Å². The zero-order valence-corrected chi connectivity index (χ0v) is 11.8. The third-order valence-corrected chi connectivity index (χ3v) is 3.00. The minimum absolute atomic E-state index is 0.0488. The number of hydrogen-bond donors (Lipinski definition) is 3. The zero-order chi connectivity index (χ0) is 15.6. The smallest absolute Gasteiger partial charge is 0.337 e. The predicted molar refractivity (Wildman–Crippen MR) is 72.2 cm³/mol. The van der Waals surface area contributed by atoms with Crippen molar-refractivity contribution in [2.24, 2.45) is 5.84 Å². The minimum Gasteiger partial charge on any atom is -0.337 e. The quantitative estimate of drug-likeness (QED) is 0.441. The van der Waals surface area contributed by atoms with Crippen LogP contribution in [0.15, 0.2) is 28.7 Å². The Morgan fingerprint density at radius 3 is 2.38 bits per heavy atom. The number of alkyl halides is 3. The van der Waals surface area contributed by atoms with Crippen LogP contribution in [0.25, 0.3) is 0 Å². The Kier molecular flexibility index (Phi) is 4.28. The van der Waals surface area contributed by atoms with Crippen molar-refractivity contribution in [1.29, 1.82) is 0 Å². The van der Waals surface area contributed by atoms with Crippen LogP contribution in [0, 0.1) is 5.82 Å². The summed E-state index contributed by atoms with van der Waals surface area (Å²) >= 11 is 3.09. The second-order valence-electron chi connectivity index (χ2n) is 3.83. The van der Waals surface area contributed by atoms with E-state index in [2.05, 4.69) is 31.2 Å². The number of nitrogen functional groups attached to an aromatic ring is 1. The first kappa shape index (κ1) is 15.4. The van der Waals surface area contributed by atoms with Crippen molar-refractivity contribution in [3.05, 3.63) is 40.4 Å². The molecule has 0 aliphatic heterocycles. The average Bonchev–Trinajstić information content (AvgIpc) is 2.42. The molecule has 0 bridgehead atoms. The Labute approximate surface area is 124 Å². The van der Waals surface area contributed by atoms with E-state index in [0.29, 0.717) is 4.47 Å². The molecule has 0 aliphatic rings. The molecule has 5 nitrogen and oxygen atoms in total. The fraction of sp³-hybridized carbons (Fsp3) is 0.0909. The Bertz CT molecular complexity index is 641. The maximum absolute atomic E-state index is 13.7. The summed E-state index contributed by atoms with van der Waals surface area (Å²) in [5, 5.41) is 2.46. The summed E-state index contributed by atoms with van der Waals surface area (Å²) in [5.41, 5.74) is 1.95. The number of benzene rings is 1. The summed E-state index contributed by atoms with van der Waals surface area (Å²) in [7, 11) is 0. The summed E-state index contributed by atoms with van der Waals surface area (Å²) in [5.74, 6) is 2.51. The lowest BCUT2D eigenvalue weighted by Crippen LogP contribution is -2.16. The van der Waals surface area contributed by atoms with Gasteiger partial charge < -0.3 is 10.7 Å². The summed E-state index contributed by atoms with van der Waals surface area (Å²) in [6, 6.07) is 5.24.